The fourth-order valence-corrected chi connectivity index (χ4v) is 3.05. The standard InChI is InChI=1S/C19H24N2O2.ClH/c1-22-17-7-6-14(12-18(17)23-2)8-10-20-13-16-5-3-4-15-9-11-21-19(15)16;/h3-7,12,20-21H,8-11,13H2,1-2H3;1H. The molecule has 0 saturated heterocycles. The quantitative estimate of drug-likeness (QED) is 0.752. The lowest BCUT2D eigenvalue weighted by Crippen LogP contribution is -2.17. The van der Waals surface area contributed by atoms with Crippen molar-refractivity contribution in [3.05, 3.63) is 53.1 Å². The molecule has 0 saturated carbocycles. The highest BCUT2D eigenvalue weighted by molar-refractivity contribution is 5.85. The molecule has 2 aromatic carbocycles. The van der Waals surface area contributed by atoms with E-state index in [9.17, 15) is 0 Å². The molecular formula is C19H25ClN2O2. The van der Waals surface area contributed by atoms with E-state index >= 15 is 0 Å². The molecule has 130 valence electrons. The van der Waals surface area contributed by atoms with Gasteiger partial charge in [0.1, 0.15) is 0 Å². The summed E-state index contributed by atoms with van der Waals surface area (Å²) in [5.41, 5.74) is 5.36. The molecule has 0 radical (unpaired) electrons. The van der Waals surface area contributed by atoms with E-state index in [4.69, 9.17) is 9.47 Å². The van der Waals surface area contributed by atoms with Crippen LogP contribution in [0.5, 0.6) is 11.5 Å². The van der Waals surface area contributed by atoms with Crippen molar-refractivity contribution >= 4 is 18.1 Å². The van der Waals surface area contributed by atoms with Gasteiger partial charge in [0.25, 0.3) is 0 Å². The van der Waals surface area contributed by atoms with Crippen molar-refractivity contribution in [3.8, 4) is 11.5 Å². The molecule has 24 heavy (non-hydrogen) atoms. The highest BCUT2D eigenvalue weighted by Gasteiger charge is 2.12. The molecule has 0 aliphatic carbocycles. The monoisotopic (exact) mass is 348 g/mol. The smallest absolute Gasteiger partial charge is 0.160 e. The van der Waals surface area contributed by atoms with Crippen LogP contribution in [-0.2, 0) is 19.4 Å². The molecule has 1 aliphatic heterocycles. The van der Waals surface area contributed by atoms with E-state index in [0.29, 0.717) is 0 Å². The van der Waals surface area contributed by atoms with Gasteiger partial charge in [0.05, 0.1) is 14.2 Å². The highest BCUT2D eigenvalue weighted by Crippen LogP contribution is 2.28. The number of anilines is 1. The first-order valence-corrected chi connectivity index (χ1v) is 8.08. The maximum atomic E-state index is 5.35. The maximum Gasteiger partial charge on any atom is 0.160 e. The minimum absolute atomic E-state index is 0. The van der Waals surface area contributed by atoms with Crippen molar-refractivity contribution in [2.75, 3.05) is 32.6 Å². The lowest BCUT2D eigenvalue weighted by Gasteiger charge is -2.11. The summed E-state index contributed by atoms with van der Waals surface area (Å²) in [7, 11) is 3.33. The van der Waals surface area contributed by atoms with Gasteiger partial charge in [0.2, 0.25) is 0 Å². The van der Waals surface area contributed by atoms with Crippen molar-refractivity contribution < 1.29 is 9.47 Å². The lowest BCUT2D eigenvalue weighted by atomic mass is 10.1. The van der Waals surface area contributed by atoms with E-state index in [1.165, 1.54) is 22.4 Å². The number of hydrogen-bond acceptors (Lipinski definition) is 4. The van der Waals surface area contributed by atoms with Crippen LogP contribution in [0.3, 0.4) is 0 Å². The topological polar surface area (TPSA) is 42.5 Å². The molecule has 0 spiro atoms. The average Bonchev–Trinajstić information content (AvgIpc) is 3.08. The van der Waals surface area contributed by atoms with Gasteiger partial charge in [-0.25, -0.2) is 0 Å². The first-order chi connectivity index (χ1) is 11.3. The summed E-state index contributed by atoms with van der Waals surface area (Å²) in [6.07, 6.45) is 2.09. The lowest BCUT2D eigenvalue weighted by molar-refractivity contribution is 0.354. The Morgan fingerprint density at radius 1 is 1.08 bits per heavy atom. The summed E-state index contributed by atoms with van der Waals surface area (Å²) in [4.78, 5) is 0. The van der Waals surface area contributed by atoms with Gasteiger partial charge in [0.15, 0.2) is 11.5 Å². The van der Waals surface area contributed by atoms with Crippen molar-refractivity contribution in [1.29, 1.82) is 0 Å². The van der Waals surface area contributed by atoms with Crippen LogP contribution in [0, 0.1) is 0 Å². The third-order valence-electron chi connectivity index (χ3n) is 4.29. The number of para-hydroxylation sites is 1. The minimum Gasteiger partial charge on any atom is -0.493 e. The zero-order chi connectivity index (χ0) is 16.1. The molecule has 0 bridgehead atoms. The number of halogens is 1. The van der Waals surface area contributed by atoms with E-state index in [1.807, 2.05) is 12.1 Å². The molecule has 0 amide bonds. The number of ether oxygens (including phenoxy) is 2. The summed E-state index contributed by atoms with van der Waals surface area (Å²) in [6, 6.07) is 12.6. The molecule has 2 aromatic rings. The number of methoxy groups -OCH3 is 2. The summed E-state index contributed by atoms with van der Waals surface area (Å²) in [5.74, 6) is 1.56. The van der Waals surface area contributed by atoms with Crippen LogP contribution in [-0.4, -0.2) is 27.3 Å². The molecule has 1 heterocycles. The molecule has 4 nitrogen and oxygen atoms in total. The molecule has 0 atom stereocenters. The largest absolute Gasteiger partial charge is 0.493 e. The van der Waals surface area contributed by atoms with Crippen LogP contribution in [0.25, 0.3) is 0 Å². The molecular weight excluding hydrogens is 324 g/mol. The molecule has 3 rings (SSSR count). The Labute approximate surface area is 150 Å². The maximum absolute atomic E-state index is 5.35. The third kappa shape index (κ3) is 4.13. The van der Waals surface area contributed by atoms with Gasteiger partial charge in [-0.3, -0.25) is 0 Å². The van der Waals surface area contributed by atoms with Gasteiger partial charge in [-0.1, -0.05) is 24.3 Å². The predicted octanol–water partition coefficient (Wildman–Crippen LogP) is 3.43. The second-order valence-corrected chi connectivity index (χ2v) is 5.74. The second-order valence-electron chi connectivity index (χ2n) is 5.74. The van der Waals surface area contributed by atoms with E-state index in [2.05, 4.69) is 34.9 Å². The Balaban J connectivity index is 0.00000208. The number of benzene rings is 2. The van der Waals surface area contributed by atoms with Crippen LogP contribution in [0.4, 0.5) is 5.69 Å². The van der Waals surface area contributed by atoms with Crippen molar-refractivity contribution in [2.24, 2.45) is 0 Å². The Morgan fingerprint density at radius 3 is 2.71 bits per heavy atom. The minimum atomic E-state index is 0. The van der Waals surface area contributed by atoms with E-state index in [0.717, 1.165) is 44.0 Å². The van der Waals surface area contributed by atoms with Gasteiger partial charge in [-0.15, -0.1) is 12.4 Å². The van der Waals surface area contributed by atoms with Crippen LogP contribution in [0.1, 0.15) is 16.7 Å². The first kappa shape index (κ1) is 18.4. The zero-order valence-corrected chi connectivity index (χ0v) is 15.0. The summed E-state index contributed by atoms with van der Waals surface area (Å²) in [6.45, 7) is 2.88. The van der Waals surface area contributed by atoms with Gasteiger partial charge in [0, 0.05) is 18.8 Å². The summed E-state index contributed by atoms with van der Waals surface area (Å²) in [5, 5.41) is 7.02. The van der Waals surface area contributed by atoms with Gasteiger partial charge in [-0.2, -0.15) is 0 Å². The van der Waals surface area contributed by atoms with Gasteiger partial charge >= 0.3 is 0 Å². The van der Waals surface area contributed by atoms with Crippen LogP contribution in [0.2, 0.25) is 0 Å². The van der Waals surface area contributed by atoms with E-state index in [1.54, 1.807) is 14.2 Å². The summed E-state index contributed by atoms with van der Waals surface area (Å²) >= 11 is 0. The first-order valence-electron chi connectivity index (χ1n) is 8.08. The van der Waals surface area contributed by atoms with E-state index < -0.39 is 0 Å². The fourth-order valence-electron chi connectivity index (χ4n) is 3.05. The Kier molecular flexibility index (Phi) is 6.76. The highest BCUT2D eigenvalue weighted by atomic mass is 35.5. The molecule has 1 aliphatic rings. The van der Waals surface area contributed by atoms with Crippen LogP contribution >= 0.6 is 12.4 Å². The molecule has 0 unspecified atom stereocenters. The normalized spacial score (nSPS) is 12.1. The van der Waals surface area contributed by atoms with Gasteiger partial charge < -0.3 is 20.1 Å². The van der Waals surface area contributed by atoms with Gasteiger partial charge in [-0.05, 0) is 48.2 Å². The molecule has 2 N–H and O–H groups in total. The Hall–Kier alpha value is -1.91. The number of rotatable bonds is 7. The van der Waals surface area contributed by atoms with Crippen molar-refractivity contribution in [1.82, 2.24) is 5.32 Å². The second kappa shape index (κ2) is 8.81. The van der Waals surface area contributed by atoms with E-state index in [-0.39, 0.29) is 12.4 Å². The number of hydrogen-bond donors (Lipinski definition) is 2. The third-order valence-corrected chi connectivity index (χ3v) is 4.29. The molecule has 0 aromatic heterocycles. The zero-order valence-electron chi connectivity index (χ0n) is 14.2. The molecule has 5 heteroatoms. The number of fused-ring (bicyclic) bond motifs is 1. The molecule has 0 fully saturated rings. The number of nitrogens with one attached hydrogen (secondary N) is 2. The van der Waals surface area contributed by atoms with Crippen LogP contribution < -0.4 is 20.1 Å². The average molecular weight is 349 g/mol. The fraction of sp³-hybridized carbons (Fsp3) is 0.368. The van der Waals surface area contributed by atoms with Crippen molar-refractivity contribution in [3.63, 3.8) is 0 Å². The predicted molar refractivity (Wildman–Crippen MR) is 101 cm³/mol. The van der Waals surface area contributed by atoms with Crippen molar-refractivity contribution in [2.45, 2.75) is 19.4 Å². The Morgan fingerprint density at radius 2 is 1.92 bits per heavy atom. The SMILES string of the molecule is COc1ccc(CCNCc2cccc3c2NCC3)cc1OC.Cl. The Bertz CT molecular complexity index is 676. The summed E-state index contributed by atoms with van der Waals surface area (Å²) < 4.78 is 10.6. The van der Waals surface area contributed by atoms with Crippen LogP contribution in [0.15, 0.2) is 36.4 Å².